The number of nitrogens with zero attached hydrogens (tertiary/aromatic N) is 2. The van der Waals surface area contributed by atoms with E-state index in [1.807, 2.05) is 45.0 Å². The Morgan fingerprint density at radius 3 is 2.69 bits per heavy atom. The quantitative estimate of drug-likeness (QED) is 0.397. The Morgan fingerprint density at radius 2 is 1.89 bits per heavy atom. The molecule has 0 radical (unpaired) electrons. The second kappa shape index (κ2) is 9.19. The number of hydrogen-bond donors (Lipinski definition) is 2. The van der Waals surface area contributed by atoms with Crippen LogP contribution < -0.4 is 10.2 Å². The van der Waals surface area contributed by atoms with Crippen LogP contribution in [-0.2, 0) is 16.0 Å². The lowest BCUT2D eigenvalue weighted by Gasteiger charge is -2.33. The number of rotatable bonds is 7. The zero-order valence-corrected chi connectivity index (χ0v) is 20.2. The number of carbonyl (C=O) groups excluding carboxylic acids is 3. The fourth-order valence-electron chi connectivity index (χ4n) is 5.13. The number of anilines is 1. The molecule has 2 atom stereocenters. The van der Waals surface area contributed by atoms with Crippen molar-refractivity contribution in [2.45, 2.75) is 51.8 Å². The zero-order chi connectivity index (χ0) is 24.7. The number of aromatic amines is 1. The minimum Gasteiger partial charge on any atom is -0.379 e. The summed E-state index contributed by atoms with van der Waals surface area (Å²) < 4.78 is 5.52. The number of para-hydroxylation sites is 2. The highest BCUT2D eigenvalue weighted by Crippen LogP contribution is 2.42. The van der Waals surface area contributed by atoms with Gasteiger partial charge in [-0.2, -0.15) is 0 Å². The lowest BCUT2D eigenvalue weighted by Crippen LogP contribution is -2.42. The van der Waals surface area contributed by atoms with Gasteiger partial charge in [0.1, 0.15) is 6.04 Å². The molecule has 2 aliphatic heterocycles. The third-order valence-electron chi connectivity index (χ3n) is 6.78. The van der Waals surface area contributed by atoms with Gasteiger partial charge in [0.2, 0.25) is 0 Å². The predicted octanol–water partition coefficient (Wildman–Crippen LogP) is 4.17. The van der Waals surface area contributed by atoms with Crippen molar-refractivity contribution in [2.24, 2.45) is 0 Å². The lowest BCUT2D eigenvalue weighted by molar-refractivity contribution is -0.120. The predicted molar refractivity (Wildman–Crippen MR) is 133 cm³/mol. The Labute approximate surface area is 204 Å². The number of urea groups is 1. The lowest BCUT2D eigenvalue weighted by atomic mass is 9.93. The first-order valence-electron chi connectivity index (χ1n) is 12.1. The standard InChI is InChI=1S/C27H30N4O4/c1-16(2)35-14-8-13-28-25(32)19-10-5-7-12-22(19)31-26(33)23-15-20-18-9-4-6-11-21(18)29-24(20)17(3)30(23)27(31)34/h4-7,9-12,16-17,23,29H,8,13-15H2,1-3H3,(H,28,32). The summed E-state index contributed by atoms with van der Waals surface area (Å²) in [6.07, 6.45) is 1.25. The number of benzene rings is 2. The summed E-state index contributed by atoms with van der Waals surface area (Å²) >= 11 is 0. The van der Waals surface area contributed by atoms with E-state index in [0.717, 1.165) is 22.2 Å². The van der Waals surface area contributed by atoms with Gasteiger partial charge in [-0.3, -0.25) is 9.59 Å². The van der Waals surface area contributed by atoms with Crippen molar-refractivity contribution >= 4 is 34.4 Å². The minimum absolute atomic E-state index is 0.138. The van der Waals surface area contributed by atoms with Gasteiger partial charge in [-0.1, -0.05) is 30.3 Å². The maximum atomic E-state index is 13.6. The molecule has 5 rings (SSSR count). The maximum absolute atomic E-state index is 13.6. The first kappa shape index (κ1) is 23.1. The number of nitrogens with one attached hydrogen (secondary N) is 2. The molecule has 2 N–H and O–H groups in total. The van der Waals surface area contributed by atoms with Crippen LogP contribution in [0, 0.1) is 0 Å². The molecule has 3 aromatic rings. The smallest absolute Gasteiger partial charge is 0.332 e. The molecule has 0 saturated carbocycles. The molecule has 0 spiro atoms. The van der Waals surface area contributed by atoms with Gasteiger partial charge in [-0.25, -0.2) is 9.69 Å². The van der Waals surface area contributed by atoms with Gasteiger partial charge in [0.05, 0.1) is 23.4 Å². The fourth-order valence-corrected chi connectivity index (χ4v) is 5.13. The molecule has 8 nitrogen and oxygen atoms in total. The van der Waals surface area contributed by atoms with Crippen LogP contribution in [0.25, 0.3) is 10.9 Å². The van der Waals surface area contributed by atoms with Crippen molar-refractivity contribution in [2.75, 3.05) is 18.1 Å². The average Bonchev–Trinajstić information content (AvgIpc) is 3.34. The molecular weight excluding hydrogens is 444 g/mol. The second-order valence-electron chi connectivity index (χ2n) is 9.37. The van der Waals surface area contributed by atoms with Gasteiger partial charge in [0.25, 0.3) is 11.8 Å². The van der Waals surface area contributed by atoms with Crippen molar-refractivity contribution in [1.29, 1.82) is 0 Å². The van der Waals surface area contributed by atoms with Crippen molar-refractivity contribution in [1.82, 2.24) is 15.2 Å². The first-order chi connectivity index (χ1) is 16.9. The molecule has 2 aliphatic rings. The van der Waals surface area contributed by atoms with E-state index < -0.39 is 12.1 Å². The molecule has 1 aromatic heterocycles. The van der Waals surface area contributed by atoms with Crippen LogP contribution in [-0.4, -0.2) is 53.0 Å². The molecule has 1 fully saturated rings. The van der Waals surface area contributed by atoms with Crippen LogP contribution >= 0.6 is 0 Å². The number of H-pyrrole nitrogens is 1. The van der Waals surface area contributed by atoms with E-state index in [9.17, 15) is 14.4 Å². The van der Waals surface area contributed by atoms with Crippen LogP contribution in [0.3, 0.4) is 0 Å². The number of fused-ring (bicyclic) bond motifs is 4. The molecule has 1 saturated heterocycles. The molecule has 2 aromatic carbocycles. The van der Waals surface area contributed by atoms with E-state index in [0.29, 0.717) is 37.2 Å². The summed E-state index contributed by atoms with van der Waals surface area (Å²) in [5.74, 6) is -0.622. The molecule has 3 heterocycles. The number of ether oxygens (including phenoxy) is 1. The van der Waals surface area contributed by atoms with E-state index >= 15 is 0 Å². The van der Waals surface area contributed by atoms with Crippen LogP contribution in [0.15, 0.2) is 48.5 Å². The highest BCUT2D eigenvalue weighted by atomic mass is 16.5. The summed E-state index contributed by atoms with van der Waals surface area (Å²) in [5, 5.41) is 3.96. The Balaban J connectivity index is 1.39. The maximum Gasteiger partial charge on any atom is 0.332 e. The van der Waals surface area contributed by atoms with Gasteiger partial charge < -0.3 is 19.9 Å². The normalized spacial score (nSPS) is 19.4. The monoisotopic (exact) mass is 474 g/mol. The van der Waals surface area contributed by atoms with Gasteiger partial charge in [-0.15, -0.1) is 0 Å². The second-order valence-corrected chi connectivity index (χ2v) is 9.37. The Hall–Kier alpha value is -3.65. The molecule has 8 heteroatoms. The summed E-state index contributed by atoms with van der Waals surface area (Å²) in [6, 6.07) is 13.5. The van der Waals surface area contributed by atoms with Gasteiger partial charge in [0, 0.05) is 36.2 Å². The Morgan fingerprint density at radius 1 is 1.14 bits per heavy atom. The van der Waals surface area contributed by atoms with Crippen LogP contribution in [0.1, 0.15) is 54.8 Å². The molecule has 182 valence electrons. The van der Waals surface area contributed by atoms with Gasteiger partial charge >= 0.3 is 6.03 Å². The minimum atomic E-state index is -0.603. The molecule has 4 amide bonds. The number of imide groups is 1. The van der Waals surface area contributed by atoms with E-state index in [-0.39, 0.29) is 24.0 Å². The van der Waals surface area contributed by atoms with Crippen molar-refractivity contribution < 1.29 is 19.1 Å². The fraction of sp³-hybridized carbons (Fsp3) is 0.370. The van der Waals surface area contributed by atoms with Gasteiger partial charge in [-0.05, 0) is 51.0 Å². The van der Waals surface area contributed by atoms with Crippen molar-refractivity contribution in [3.63, 3.8) is 0 Å². The largest absolute Gasteiger partial charge is 0.379 e. The summed E-state index contributed by atoms with van der Waals surface area (Å²) in [4.78, 5) is 46.4. The first-order valence-corrected chi connectivity index (χ1v) is 12.1. The van der Waals surface area contributed by atoms with Crippen LogP contribution in [0.5, 0.6) is 0 Å². The number of amides is 4. The van der Waals surface area contributed by atoms with Crippen molar-refractivity contribution in [3.05, 3.63) is 65.4 Å². The van der Waals surface area contributed by atoms with Crippen LogP contribution in [0.4, 0.5) is 10.5 Å². The SMILES string of the molecule is CC(C)OCCCNC(=O)c1ccccc1N1C(=O)C2Cc3c([nH]c4ccccc34)C(C)N2C1=O. The molecular formula is C27H30N4O4. The van der Waals surface area contributed by atoms with E-state index in [2.05, 4.69) is 10.3 Å². The number of hydrogen-bond acceptors (Lipinski definition) is 4. The molecule has 2 unspecified atom stereocenters. The van der Waals surface area contributed by atoms with E-state index in [1.54, 1.807) is 29.2 Å². The molecule has 0 bridgehead atoms. The highest BCUT2D eigenvalue weighted by molar-refractivity contribution is 6.24. The van der Waals surface area contributed by atoms with Gasteiger partial charge in [0.15, 0.2) is 0 Å². The Kier molecular flexibility index (Phi) is 6.06. The molecule has 0 aliphatic carbocycles. The third kappa shape index (κ3) is 3.97. The average molecular weight is 475 g/mol. The van der Waals surface area contributed by atoms with Crippen molar-refractivity contribution in [3.8, 4) is 0 Å². The molecule has 35 heavy (non-hydrogen) atoms. The number of aromatic nitrogens is 1. The topological polar surface area (TPSA) is 94.7 Å². The Bertz CT molecular complexity index is 1300. The highest BCUT2D eigenvalue weighted by Gasteiger charge is 2.52. The van der Waals surface area contributed by atoms with E-state index in [1.165, 1.54) is 4.90 Å². The third-order valence-corrected chi connectivity index (χ3v) is 6.78. The summed E-state index contributed by atoms with van der Waals surface area (Å²) in [7, 11) is 0. The summed E-state index contributed by atoms with van der Waals surface area (Å²) in [5.41, 5.74) is 3.65. The zero-order valence-electron chi connectivity index (χ0n) is 20.2. The van der Waals surface area contributed by atoms with E-state index in [4.69, 9.17) is 4.74 Å². The number of carbonyl (C=O) groups is 3. The summed E-state index contributed by atoms with van der Waals surface area (Å²) in [6.45, 7) is 6.85. The van der Waals surface area contributed by atoms with Crippen LogP contribution in [0.2, 0.25) is 0 Å².